The number of H-pyrrole nitrogens is 1. The summed E-state index contributed by atoms with van der Waals surface area (Å²) in [6.07, 6.45) is 2.17. The van der Waals surface area contributed by atoms with Crippen LogP contribution < -0.4 is 5.73 Å². The Morgan fingerprint density at radius 1 is 1.43 bits per heavy atom. The molecule has 1 aromatic heterocycles. The number of aryl methyl sites for hydroxylation is 1. The van der Waals surface area contributed by atoms with Gasteiger partial charge in [0.05, 0.1) is 10.7 Å². The van der Waals surface area contributed by atoms with Crippen LogP contribution in [-0.2, 0) is 6.42 Å². The van der Waals surface area contributed by atoms with E-state index in [0.717, 1.165) is 23.7 Å². The maximum absolute atomic E-state index is 6.09. The lowest BCUT2D eigenvalue weighted by atomic mass is 10.2. The number of halogens is 1. The van der Waals surface area contributed by atoms with Crippen molar-refractivity contribution in [1.82, 2.24) is 4.98 Å². The smallest absolute Gasteiger partial charge is 0.0729 e. The molecular weight excluding hydrogens is 196 g/mol. The van der Waals surface area contributed by atoms with E-state index >= 15 is 0 Å². The summed E-state index contributed by atoms with van der Waals surface area (Å²) in [7, 11) is 0. The van der Waals surface area contributed by atoms with Gasteiger partial charge < -0.3 is 10.7 Å². The fourth-order valence-electron chi connectivity index (χ4n) is 1.65. The van der Waals surface area contributed by atoms with Gasteiger partial charge in [-0.3, -0.25) is 0 Å². The highest BCUT2D eigenvalue weighted by Gasteiger charge is 2.05. The second-order valence-corrected chi connectivity index (χ2v) is 3.85. The number of anilines is 1. The summed E-state index contributed by atoms with van der Waals surface area (Å²) in [5.41, 5.74) is 8.64. The minimum Gasteiger partial charge on any atom is -0.398 e. The summed E-state index contributed by atoms with van der Waals surface area (Å²) in [4.78, 5) is 3.32. The lowest BCUT2D eigenvalue weighted by molar-refractivity contribution is 0.896. The first-order valence-corrected chi connectivity index (χ1v) is 5.15. The molecule has 1 aromatic carbocycles. The maximum Gasteiger partial charge on any atom is 0.0729 e. The number of nitrogens with one attached hydrogen (secondary N) is 1. The van der Waals surface area contributed by atoms with Crippen molar-refractivity contribution in [2.75, 3.05) is 5.73 Å². The van der Waals surface area contributed by atoms with Crippen LogP contribution in [0.4, 0.5) is 5.69 Å². The van der Waals surface area contributed by atoms with Gasteiger partial charge in [-0.2, -0.15) is 0 Å². The highest BCUT2D eigenvalue weighted by atomic mass is 35.5. The number of nitrogens with two attached hydrogens (primary N) is 1. The summed E-state index contributed by atoms with van der Waals surface area (Å²) < 4.78 is 0. The molecule has 3 N–H and O–H groups in total. The van der Waals surface area contributed by atoms with Crippen LogP contribution in [0.2, 0.25) is 5.02 Å². The number of nitrogen functional groups attached to an aromatic ring is 1. The van der Waals surface area contributed by atoms with E-state index in [1.54, 1.807) is 0 Å². The third-order valence-corrected chi connectivity index (χ3v) is 2.76. The molecule has 0 spiro atoms. The Bertz CT molecular complexity index is 460. The van der Waals surface area contributed by atoms with Gasteiger partial charge >= 0.3 is 0 Å². The maximum atomic E-state index is 6.09. The van der Waals surface area contributed by atoms with E-state index in [0.29, 0.717) is 10.7 Å². The van der Waals surface area contributed by atoms with Gasteiger partial charge in [0, 0.05) is 16.6 Å². The van der Waals surface area contributed by atoms with Gasteiger partial charge in [-0.1, -0.05) is 24.9 Å². The molecule has 0 unspecified atom stereocenters. The van der Waals surface area contributed by atoms with E-state index in [2.05, 4.69) is 18.0 Å². The first-order valence-electron chi connectivity index (χ1n) is 4.78. The Morgan fingerprint density at radius 3 is 2.93 bits per heavy atom. The molecule has 0 aliphatic heterocycles. The molecular formula is C11H13ClN2. The van der Waals surface area contributed by atoms with Crippen LogP contribution in [0.3, 0.4) is 0 Å². The second-order valence-electron chi connectivity index (χ2n) is 3.47. The first-order chi connectivity index (χ1) is 6.72. The molecule has 0 saturated carbocycles. The quantitative estimate of drug-likeness (QED) is 0.731. The highest BCUT2D eigenvalue weighted by Crippen LogP contribution is 2.29. The number of benzene rings is 1. The van der Waals surface area contributed by atoms with Crippen molar-refractivity contribution >= 4 is 28.2 Å². The van der Waals surface area contributed by atoms with Crippen molar-refractivity contribution in [3.8, 4) is 0 Å². The lowest BCUT2D eigenvalue weighted by Gasteiger charge is -1.97. The summed E-state index contributed by atoms with van der Waals surface area (Å²) in [6, 6.07) is 5.88. The monoisotopic (exact) mass is 208 g/mol. The van der Waals surface area contributed by atoms with Crippen LogP contribution in [0.25, 0.3) is 10.9 Å². The Morgan fingerprint density at radius 2 is 2.21 bits per heavy atom. The number of fused-ring (bicyclic) bond motifs is 1. The molecule has 0 radical (unpaired) electrons. The predicted octanol–water partition coefficient (Wildman–Crippen LogP) is 3.36. The topological polar surface area (TPSA) is 41.8 Å². The first kappa shape index (κ1) is 9.41. The van der Waals surface area contributed by atoms with Crippen LogP contribution in [0.15, 0.2) is 18.2 Å². The standard InChI is InChI=1S/C11H13ClN2/c1-2-3-7-6-8-10(14-7)5-4-9(13)11(8)12/h4-6,14H,2-3,13H2,1H3. The molecule has 1 heterocycles. The molecule has 0 bridgehead atoms. The molecule has 0 saturated heterocycles. The average molecular weight is 209 g/mol. The van der Waals surface area contributed by atoms with Crippen molar-refractivity contribution in [2.45, 2.75) is 19.8 Å². The van der Waals surface area contributed by atoms with E-state index in [1.807, 2.05) is 12.1 Å². The number of aromatic nitrogens is 1. The van der Waals surface area contributed by atoms with E-state index in [-0.39, 0.29) is 0 Å². The van der Waals surface area contributed by atoms with Crippen molar-refractivity contribution in [1.29, 1.82) is 0 Å². The summed E-state index contributed by atoms with van der Waals surface area (Å²) in [6.45, 7) is 2.15. The Labute approximate surface area is 88.1 Å². The highest BCUT2D eigenvalue weighted by molar-refractivity contribution is 6.38. The molecule has 3 heteroatoms. The van der Waals surface area contributed by atoms with Gasteiger partial charge in [0.1, 0.15) is 0 Å². The van der Waals surface area contributed by atoms with Gasteiger partial charge in [-0.15, -0.1) is 0 Å². The minimum atomic E-state index is 0.640. The number of aromatic amines is 1. The molecule has 0 fully saturated rings. The molecule has 2 nitrogen and oxygen atoms in total. The van der Waals surface area contributed by atoms with E-state index in [9.17, 15) is 0 Å². The van der Waals surface area contributed by atoms with Gasteiger partial charge in [0.15, 0.2) is 0 Å². The predicted molar refractivity (Wildman–Crippen MR) is 61.7 cm³/mol. The van der Waals surface area contributed by atoms with Gasteiger partial charge in [-0.25, -0.2) is 0 Å². The lowest BCUT2D eigenvalue weighted by Crippen LogP contribution is -1.84. The molecule has 0 aliphatic carbocycles. The number of hydrogen-bond acceptors (Lipinski definition) is 1. The zero-order chi connectivity index (χ0) is 10.1. The summed E-state index contributed by atoms with van der Waals surface area (Å²) in [5.74, 6) is 0. The van der Waals surface area contributed by atoms with E-state index in [1.165, 1.54) is 5.69 Å². The van der Waals surface area contributed by atoms with E-state index in [4.69, 9.17) is 17.3 Å². The molecule has 0 atom stereocenters. The zero-order valence-electron chi connectivity index (χ0n) is 8.10. The molecule has 74 valence electrons. The van der Waals surface area contributed by atoms with E-state index < -0.39 is 0 Å². The second kappa shape index (κ2) is 3.54. The van der Waals surface area contributed by atoms with Crippen molar-refractivity contribution in [2.24, 2.45) is 0 Å². The number of hydrogen-bond donors (Lipinski definition) is 2. The Kier molecular flexibility index (Phi) is 2.38. The largest absolute Gasteiger partial charge is 0.398 e. The zero-order valence-corrected chi connectivity index (χ0v) is 8.86. The summed E-state index contributed by atoms with van der Waals surface area (Å²) >= 11 is 6.09. The van der Waals surface area contributed by atoms with Crippen LogP contribution in [-0.4, -0.2) is 4.98 Å². The average Bonchev–Trinajstić information content (AvgIpc) is 2.56. The normalized spacial score (nSPS) is 11.0. The van der Waals surface area contributed by atoms with Crippen molar-refractivity contribution in [3.63, 3.8) is 0 Å². The summed E-state index contributed by atoms with van der Waals surface area (Å²) in [5, 5.41) is 1.68. The Hall–Kier alpha value is -1.15. The van der Waals surface area contributed by atoms with Crippen molar-refractivity contribution in [3.05, 3.63) is 28.9 Å². The van der Waals surface area contributed by atoms with Gasteiger partial charge in [-0.05, 0) is 24.6 Å². The van der Waals surface area contributed by atoms with Crippen LogP contribution in [0.1, 0.15) is 19.0 Å². The van der Waals surface area contributed by atoms with Crippen LogP contribution >= 0.6 is 11.6 Å². The van der Waals surface area contributed by atoms with Crippen LogP contribution in [0, 0.1) is 0 Å². The number of rotatable bonds is 2. The van der Waals surface area contributed by atoms with Gasteiger partial charge in [0.25, 0.3) is 0 Å². The van der Waals surface area contributed by atoms with Crippen LogP contribution in [0.5, 0.6) is 0 Å². The third-order valence-electron chi connectivity index (χ3n) is 2.34. The van der Waals surface area contributed by atoms with Gasteiger partial charge in [0.2, 0.25) is 0 Å². The molecule has 2 rings (SSSR count). The molecule has 0 aliphatic rings. The Balaban J connectivity index is 2.59. The molecule has 14 heavy (non-hydrogen) atoms. The SMILES string of the molecule is CCCc1cc2c(Cl)c(N)ccc2[nH]1. The fraction of sp³-hybridized carbons (Fsp3) is 0.273. The third kappa shape index (κ3) is 1.46. The minimum absolute atomic E-state index is 0.640. The molecule has 2 aromatic rings. The van der Waals surface area contributed by atoms with Crippen molar-refractivity contribution < 1.29 is 0 Å². The molecule has 0 amide bonds. The fourth-order valence-corrected chi connectivity index (χ4v) is 1.87.